The number of amides is 1. The average molecular weight is 313 g/mol. The van der Waals surface area contributed by atoms with E-state index in [-0.39, 0.29) is 0 Å². The molecule has 1 amide bonds. The number of rotatable bonds is 1. The van der Waals surface area contributed by atoms with Gasteiger partial charge < -0.3 is 4.74 Å². The van der Waals surface area contributed by atoms with Crippen molar-refractivity contribution in [2.45, 2.75) is 26.4 Å². The normalized spacial score (nSPS) is 11.6. The van der Waals surface area contributed by atoms with E-state index in [1.807, 2.05) is 6.07 Å². The number of carbonyl (C=O) groups excluding carboxylic acids is 1. The quantitative estimate of drug-likeness (QED) is 0.879. The summed E-state index contributed by atoms with van der Waals surface area (Å²) in [6.07, 6.45) is 1.21. The highest BCUT2D eigenvalue weighted by Crippen LogP contribution is 2.15. The van der Waals surface area contributed by atoms with Gasteiger partial charge in [-0.15, -0.1) is 10.2 Å². The van der Waals surface area contributed by atoms with Crippen molar-refractivity contribution in [1.82, 2.24) is 14.6 Å². The number of halogens is 1. The molecule has 2 aromatic rings. The fraction of sp³-hybridized carbons (Fsp3) is 0.364. The molecule has 0 saturated heterocycles. The zero-order valence-electron chi connectivity index (χ0n) is 10.3. The topological polar surface area (TPSA) is 68.5 Å². The molecule has 6 nitrogen and oxygen atoms in total. The maximum absolute atomic E-state index is 11.6. The lowest BCUT2D eigenvalue weighted by molar-refractivity contribution is 0.0634. The molecule has 0 saturated carbocycles. The van der Waals surface area contributed by atoms with Crippen LogP contribution in [0.5, 0.6) is 0 Å². The van der Waals surface area contributed by atoms with Crippen molar-refractivity contribution < 1.29 is 9.53 Å². The van der Waals surface area contributed by atoms with Crippen LogP contribution in [0.4, 0.5) is 10.7 Å². The van der Waals surface area contributed by atoms with Gasteiger partial charge in [0, 0.05) is 10.7 Å². The van der Waals surface area contributed by atoms with Crippen molar-refractivity contribution in [2.75, 3.05) is 5.32 Å². The zero-order valence-corrected chi connectivity index (χ0v) is 11.9. The molecule has 2 heterocycles. The minimum Gasteiger partial charge on any atom is -0.444 e. The third kappa shape index (κ3) is 2.98. The molecule has 18 heavy (non-hydrogen) atoms. The maximum atomic E-state index is 11.6. The van der Waals surface area contributed by atoms with Crippen LogP contribution in [0.1, 0.15) is 20.8 Å². The van der Waals surface area contributed by atoms with E-state index in [1.165, 1.54) is 0 Å². The van der Waals surface area contributed by atoms with Crippen LogP contribution in [-0.4, -0.2) is 26.3 Å². The van der Waals surface area contributed by atoms with E-state index in [0.717, 1.165) is 4.47 Å². The number of hydrogen-bond donors (Lipinski definition) is 1. The van der Waals surface area contributed by atoms with Crippen LogP contribution < -0.4 is 5.32 Å². The van der Waals surface area contributed by atoms with Crippen LogP contribution in [0, 0.1) is 0 Å². The molecular weight excluding hydrogens is 300 g/mol. The Balaban J connectivity index is 2.22. The van der Waals surface area contributed by atoms with Crippen molar-refractivity contribution >= 4 is 33.6 Å². The van der Waals surface area contributed by atoms with Crippen molar-refractivity contribution in [2.24, 2.45) is 0 Å². The second-order valence-electron chi connectivity index (χ2n) is 4.73. The lowest BCUT2D eigenvalue weighted by Crippen LogP contribution is -2.27. The smallest absolute Gasteiger partial charge is 0.414 e. The Hall–Kier alpha value is -1.63. The number of nitrogens with one attached hydrogen (secondary N) is 1. The second kappa shape index (κ2) is 4.56. The summed E-state index contributed by atoms with van der Waals surface area (Å²) in [5, 5.41) is 10.4. The monoisotopic (exact) mass is 312 g/mol. The fourth-order valence-electron chi connectivity index (χ4n) is 1.34. The van der Waals surface area contributed by atoms with Gasteiger partial charge in [0.05, 0.1) is 0 Å². The predicted octanol–water partition coefficient (Wildman–Crippen LogP) is 2.84. The molecule has 0 aromatic carbocycles. The summed E-state index contributed by atoms with van der Waals surface area (Å²) < 4.78 is 7.67. The van der Waals surface area contributed by atoms with E-state index in [4.69, 9.17) is 4.74 Å². The van der Waals surface area contributed by atoms with Gasteiger partial charge in [0.2, 0.25) is 5.95 Å². The maximum Gasteiger partial charge on any atom is 0.414 e. The molecule has 2 aromatic heterocycles. The minimum absolute atomic E-state index is 0.320. The Morgan fingerprint density at radius 2 is 2.11 bits per heavy atom. The van der Waals surface area contributed by atoms with Gasteiger partial charge in [0.15, 0.2) is 5.65 Å². The van der Waals surface area contributed by atoms with Crippen LogP contribution in [-0.2, 0) is 4.74 Å². The van der Waals surface area contributed by atoms with E-state index in [0.29, 0.717) is 11.6 Å². The van der Waals surface area contributed by atoms with Crippen molar-refractivity contribution in [3.05, 3.63) is 22.8 Å². The Kier molecular flexibility index (Phi) is 3.25. The first-order chi connectivity index (χ1) is 8.35. The van der Waals surface area contributed by atoms with Gasteiger partial charge in [-0.3, -0.25) is 9.72 Å². The highest BCUT2D eigenvalue weighted by Gasteiger charge is 2.18. The second-order valence-corrected chi connectivity index (χ2v) is 5.64. The van der Waals surface area contributed by atoms with Gasteiger partial charge >= 0.3 is 6.09 Å². The van der Waals surface area contributed by atoms with Crippen LogP contribution in [0.3, 0.4) is 0 Å². The highest BCUT2D eigenvalue weighted by atomic mass is 79.9. The predicted molar refractivity (Wildman–Crippen MR) is 70.5 cm³/mol. The van der Waals surface area contributed by atoms with Crippen LogP contribution in [0.25, 0.3) is 5.65 Å². The average Bonchev–Trinajstić information content (AvgIpc) is 2.58. The summed E-state index contributed by atoms with van der Waals surface area (Å²) in [4.78, 5) is 11.6. The van der Waals surface area contributed by atoms with E-state index >= 15 is 0 Å². The zero-order chi connectivity index (χ0) is 13.3. The number of aromatic nitrogens is 3. The van der Waals surface area contributed by atoms with Crippen molar-refractivity contribution in [1.29, 1.82) is 0 Å². The van der Waals surface area contributed by atoms with Crippen molar-refractivity contribution in [3.8, 4) is 0 Å². The number of nitrogens with zero attached hydrogens (tertiary/aromatic N) is 3. The lowest BCUT2D eigenvalue weighted by Gasteiger charge is -2.19. The van der Waals surface area contributed by atoms with E-state index in [2.05, 4.69) is 31.4 Å². The summed E-state index contributed by atoms with van der Waals surface area (Å²) in [5.74, 6) is 0.320. The molecule has 0 fully saturated rings. The largest absolute Gasteiger partial charge is 0.444 e. The van der Waals surface area contributed by atoms with E-state index in [9.17, 15) is 4.79 Å². The molecule has 0 spiro atoms. The highest BCUT2D eigenvalue weighted by molar-refractivity contribution is 9.10. The molecule has 1 N–H and O–H groups in total. The molecule has 0 aliphatic heterocycles. The first kappa shape index (κ1) is 12.8. The first-order valence-electron chi connectivity index (χ1n) is 5.35. The molecule has 0 aliphatic rings. The Morgan fingerprint density at radius 3 is 2.78 bits per heavy atom. The molecule has 0 radical (unpaired) electrons. The molecule has 0 unspecified atom stereocenters. The summed E-state index contributed by atoms with van der Waals surface area (Å²) >= 11 is 3.35. The number of fused-ring (bicyclic) bond motifs is 1. The molecule has 7 heteroatoms. The number of pyridine rings is 1. The Morgan fingerprint density at radius 1 is 1.39 bits per heavy atom. The van der Waals surface area contributed by atoms with E-state index in [1.54, 1.807) is 37.4 Å². The SMILES string of the molecule is CC(C)(C)OC(=O)Nc1nnc2ccc(Br)cn12. The third-order valence-corrected chi connectivity index (χ3v) is 2.45. The first-order valence-corrected chi connectivity index (χ1v) is 6.15. The molecule has 0 atom stereocenters. The summed E-state index contributed by atoms with van der Waals surface area (Å²) in [5.41, 5.74) is 0.0924. The fourth-order valence-corrected chi connectivity index (χ4v) is 1.68. The molecule has 0 aliphatic carbocycles. The summed E-state index contributed by atoms with van der Waals surface area (Å²) in [6, 6.07) is 3.64. The molecular formula is C11H13BrN4O2. The van der Waals surface area contributed by atoms with Crippen LogP contribution in [0.2, 0.25) is 0 Å². The number of ether oxygens (including phenoxy) is 1. The van der Waals surface area contributed by atoms with Crippen molar-refractivity contribution in [3.63, 3.8) is 0 Å². The van der Waals surface area contributed by atoms with Gasteiger partial charge in [-0.25, -0.2) is 4.79 Å². The Bertz CT molecular complexity index is 588. The van der Waals surface area contributed by atoms with E-state index < -0.39 is 11.7 Å². The third-order valence-electron chi connectivity index (χ3n) is 1.98. The number of carbonyl (C=O) groups is 1. The number of anilines is 1. The van der Waals surface area contributed by atoms with Gasteiger partial charge in [-0.1, -0.05) is 0 Å². The molecule has 2 rings (SSSR count). The summed E-state index contributed by atoms with van der Waals surface area (Å²) in [6.45, 7) is 5.39. The standard InChI is InChI=1S/C11H13BrN4O2/c1-11(2,3)18-10(17)13-9-15-14-8-5-4-7(12)6-16(8)9/h4-6H,1-3H3,(H,13,15,17). The van der Waals surface area contributed by atoms with Gasteiger partial charge in [0.1, 0.15) is 5.60 Å². The minimum atomic E-state index is -0.559. The Labute approximate surface area is 112 Å². The van der Waals surface area contributed by atoms with Gasteiger partial charge in [-0.2, -0.15) is 0 Å². The van der Waals surface area contributed by atoms with Crippen LogP contribution >= 0.6 is 15.9 Å². The van der Waals surface area contributed by atoms with Crippen LogP contribution in [0.15, 0.2) is 22.8 Å². The molecule has 96 valence electrons. The van der Waals surface area contributed by atoms with Gasteiger partial charge in [-0.05, 0) is 48.8 Å². The molecule has 0 bridgehead atoms. The summed E-state index contributed by atoms with van der Waals surface area (Å²) in [7, 11) is 0. The number of hydrogen-bond acceptors (Lipinski definition) is 4. The lowest BCUT2D eigenvalue weighted by atomic mass is 10.2. The van der Waals surface area contributed by atoms with Gasteiger partial charge in [0.25, 0.3) is 0 Å².